The molecule has 25 heteroatoms. The molecule has 3 aliphatic rings. The normalized spacial score (nSPS) is 17.5. The van der Waals surface area contributed by atoms with Gasteiger partial charge in [0.15, 0.2) is 11.6 Å². The van der Waals surface area contributed by atoms with Crippen molar-refractivity contribution in [2.75, 3.05) is 123 Å². The van der Waals surface area contributed by atoms with Gasteiger partial charge in [-0.1, -0.05) is 80.6 Å². The number of carbonyl (C=O) groups excluding carboxylic acids is 3. The molecule has 1 unspecified atom stereocenters. The number of phenols is 1. The maximum absolute atomic E-state index is 17.1. The van der Waals surface area contributed by atoms with E-state index in [1.807, 2.05) is 93.6 Å². The summed E-state index contributed by atoms with van der Waals surface area (Å²) in [6.45, 7) is 20.8. The van der Waals surface area contributed by atoms with Gasteiger partial charge in [-0.15, -0.1) is 11.3 Å². The number of aliphatic hydroxyl groups is 1. The number of rotatable bonds is 31. The van der Waals surface area contributed by atoms with E-state index in [1.54, 1.807) is 34.4 Å². The van der Waals surface area contributed by atoms with E-state index in [2.05, 4.69) is 31.9 Å². The zero-order chi connectivity index (χ0) is 65.5. The minimum Gasteiger partial charge on any atom is -0.508 e. The second-order valence-electron chi connectivity index (χ2n) is 23.9. The number of amides is 3. The van der Waals surface area contributed by atoms with Crippen molar-refractivity contribution < 1.29 is 66.7 Å². The fourth-order valence-electron chi connectivity index (χ4n) is 12.2. The lowest BCUT2D eigenvalue weighted by atomic mass is 9.91. The fourth-order valence-corrected chi connectivity index (χ4v) is 13.3. The van der Waals surface area contributed by atoms with Gasteiger partial charge in [0.05, 0.1) is 98.8 Å². The van der Waals surface area contributed by atoms with Crippen molar-refractivity contribution in [3.05, 3.63) is 119 Å². The summed E-state index contributed by atoms with van der Waals surface area (Å²) in [5.74, 6) is -1.54. The zero-order valence-corrected chi connectivity index (χ0v) is 54.9. The van der Waals surface area contributed by atoms with E-state index in [9.17, 15) is 24.6 Å². The zero-order valence-electron chi connectivity index (χ0n) is 53.3. The Balaban J connectivity index is 0.576. The Morgan fingerprint density at radius 3 is 2.19 bits per heavy atom. The Bertz CT molecular complexity index is 3660. The number of nitrogens with zero attached hydrogens (tertiary/aromatic N) is 8. The SMILES string of the molecule is C=CC(=O)N1CCN(c2nc(O[C@H](C)CN3CCC(OCCOCCOCCOCCOCCOc4cc(C(C(=O)N5C[C@H](O)C[C@H]5C(=O)N[C@@H](C)c5ccc(-c6scnc6C)cc5)C(C)C)on4)CC3)nc3c(F)c(-c4cc(O)cc5ccccc45)c(Cl)cc23)CC1. The van der Waals surface area contributed by atoms with Crippen LogP contribution in [0.3, 0.4) is 0 Å². The molecule has 7 aromatic rings. The van der Waals surface area contributed by atoms with Gasteiger partial charge >= 0.3 is 6.01 Å². The van der Waals surface area contributed by atoms with Gasteiger partial charge in [0.25, 0.3) is 5.88 Å². The average molecular weight is 1320 g/mol. The van der Waals surface area contributed by atoms with Gasteiger partial charge in [0.2, 0.25) is 17.7 Å². The van der Waals surface area contributed by atoms with Crippen molar-refractivity contribution >= 4 is 68.2 Å². The minimum atomic E-state index is -0.857. The third-order valence-corrected chi connectivity index (χ3v) is 18.2. The highest BCUT2D eigenvalue weighted by molar-refractivity contribution is 7.13. The molecule has 93 heavy (non-hydrogen) atoms. The summed E-state index contributed by atoms with van der Waals surface area (Å²) in [5.41, 5.74) is 5.32. The summed E-state index contributed by atoms with van der Waals surface area (Å²) in [5, 5.41) is 30.4. The van der Waals surface area contributed by atoms with Crippen LogP contribution in [0, 0.1) is 18.7 Å². The topological polar surface area (TPSA) is 246 Å². The third kappa shape index (κ3) is 17.5. The van der Waals surface area contributed by atoms with Crippen LogP contribution in [0.5, 0.6) is 17.6 Å². The first kappa shape index (κ1) is 68.5. The maximum Gasteiger partial charge on any atom is 0.319 e. The number of aryl methyl sites for hydroxylation is 1. The largest absolute Gasteiger partial charge is 0.508 e. The smallest absolute Gasteiger partial charge is 0.319 e. The number of aliphatic hydroxyl groups excluding tert-OH is 1. The summed E-state index contributed by atoms with van der Waals surface area (Å²) in [6.07, 6.45) is 1.98. The Kier molecular flexibility index (Phi) is 24.0. The number of nitrogens with one attached hydrogen (secondary N) is 1. The molecule has 3 saturated heterocycles. The number of aromatic hydroxyl groups is 1. The predicted octanol–water partition coefficient (Wildman–Crippen LogP) is 9.18. The number of anilines is 1. The van der Waals surface area contributed by atoms with Gasteiger partial charge in [-0.25, -0.2) is 9.37 Å². The Morgan fingerprint density at radius 1 is 0.849 bits per heavy atom. The van der Waals surface area contributed by atoms with E-state index in [1.165, 1.54) is 17.0 Å². The molecule has 5 atom stereocenters. The van der Waals surface area contributed by atoms with Crippen LogP contribution in [0.2, 0.25) is 5.02 Å². The molecule has 3 amide bonds. The van der Waals surface area contributed by atoms with Crippen LogP contribution < -0.4 is 19.7 Å². The summed E-state index contributed by atoms with van der Waals surface area (Å²) in [7, 11) is 0. The highest BCUT2D eigenvalue weighted by atomic mass is 35.5. The number of benzene rings is 4. The Hall–Kier alpha value is -7.39. The number of β-amino-alcohol motifs (C(OH)–C–C–N with tert-alkyl or cyclic N) is 1. The van der Waals surface area contributed by atoms with Gasteiger partial charge < -0.3 is 67.9 Å². The van der Waals surface area contributed by atoms with Crippen LogP contribution in [0.15, 0.2) is 95.5 Å². The Morgan fingerprint density at radius 2 is 1.53 bits per heavy atom. The van der Waals surface area contributed by atoms with Crippen LogP contribution in [0.1, 0.15) is 75.9 Å². The number of piperazine rings is 1. The lowest BCUT2D eigenvalue weighted by molar-refractivity contribution is -0.141. The monoisotopic (exact) mass is 1320 g/mol. The van der Waals surface area contributed by atoms with E-state index >= 15 is 4.39 Å². The number of thiazole rings is 1. The number of fused-ring (bicyclic) bond motifs is 2. The van der Waals surface area contributed by atoms with Crippen molar-refractivity contribution in [1.82, 2.24) is 40.1 Å². The first-order valence-corrected chi connectivity index (χ1v) is 33.1. The van der Waals surface area contributed by atoms with Crippen molar-refractivity contribution in [3.63, 3.8) is 0 Å². The third-order valence-electron chi connectivity index (χ3n) is 16.9. The quantitative estimate of drug-likeness (QED) is 0.0271. The molecule has 4 aromatic carbocycles. The fraction of sp³-hybridized carbons (Fsp3) is 0.485. The van der Waals surface area contributed by atoms with Crippen molar-refractivity contribution in [2.24, 2.45) is 5.92 Å². The number of hydrogen-bond acceptors (Lipinski definition) is 20. The average Bonchev–Trinajstić information content (AvgIpc) is 1.36. The van der Waals surface area contributed by atoms with Gasteiger partial charge in [0.1, 0.15) is 41.8 Å². The second kappa shape index (κ2) is 32.6. The molecule has 0 bridgehead atoms. The Labute approximate surface area is 549 Å². The molecule has 0 aliphatic carbocycles. The van der Waals surface area contributed by atoms with Crippen LogP contribution >= 0.6 is 22.9 Å². The highest BCUT2D eigenvalue weighted by Crippen LogP contribution is 2.43. The first-order chi connectivity index (χ1) is 45.0. The van der Waals surface area contributed by atoms with E-state index in [-0.39, 0.29) is 102 Å². The van der Waals surface area contributed by atoms with Crippen molar-refractivity contribution in [3.8, 4) is 39.2 Å². The molecule has 498 valence electrons. The van der Waals surface area contributed by atoms with Crippen LogP contribution in [-0.4, -0.2) is 206 Å². The lowest BCUT2D eigenvalue weighted by Crippen LogP contribution is -2.48. The van der Waals surface area contributed by atoms with E-state index in [4.69, 9.17) is 54.3 Å². The minimum absolute atomic E-state index is 0.0192. The molecule has 10 rings (SSSR count). The number of halogens is 2. The molecule has 22 nitrogen and oxygen atoms in total. The molecule has 3 fully saturated rings. The number of hydrogen-bond donors (Lipinski definition) is 3. The predicted molar refractivity (Wildman–Crippen MR) is 351 cm³/mol. The van der Waals surface area contributed by atoms with Gasteiger partial charge in [0, 0.05) is 75.8 Å². The number of aromatic nitrogens is 4. The lowest BCUT2D eigenvalue weighted by Gasteiger charge is -2.35. The molecular weight excluding hydrogens is 1240 g/mol. The number of likely N-dealkylation sites (tertiary alicyclic amines) is 2. The van der Waals surface area contributed by atoms with E-state index < -0.39 is 23.9 Å². The number of ether oxygens (including phenoxy) is 7. The summed E-state index contributed by atoms with van der Waals surface area (Å²) in [4.78, 5) is 62.7. The molecule has 0 spiro atoms. The molecule has 3 aromatic heterocycles. The first-order valence-electron chi connectivity index (χ1n) is 31.8. The molecule has 3 aliphatic heterocycles. The molecule has 0 saturated carbocycles. The standard InChI is InChI=1S/C68H83ClFN9O13S/c1-7-59(82)77-20-22-78(23-21-77)65-54-37-55(69)61(53-35-49(80)34-48-10-8-9-11-52(48)53)62(70)63(54)73-68(74-65)91-43(4)39-76-18-16-51(17-19-76)89-32-30-87-28-26-85-24-25-86-27-29-88-31-33-90-58-38-57(92-75-58)60(42(2)3)67(84)79-40-50(81)36-56(79)66(83)72-44(5)46-12-14-47(15-13-46)64-45(6)71-41-93-64/h7-15,34-35,37-38,41-44,50-51,56,60,80-81H,1,16-33,36,39-40H2,2-6H3,(H,72,83)/t43-,44+,50-,56+,60?/m1/s1. The molecule has 0 radical (unpaired) electrons. The van der Waals surface area contributed by atoms with Crippen LogP contribution in [0.25, 0.3) is 43.2 Å². The molecular formula is C68H83ClFN9O13S. The molecule has 3 N–H and O–H groups in total. The summed E-state index contributed by atoms with van der Waals surface area (Å²) in [6, 6.07) is 20.6. The van der Waals surface area contributed by atoms with Gasteiger partial charge in [-0.05, 0) is 96.4 Å². The summed E-state index contributed by atoms with van der Waals surface area (Å²) < 4.78 is 63.8. The van der Waals surface area contributed by atoms with Crippen LogP contribution in [-0.2, 0) is 38.1 Å². The number of piperidine rings is 1. The number of carbonyl (C=O) groups is 3. The van der Waals surface area contributed by atoms with Crippen molar-refractivity contribution in [1.29, 1.82) is 0 Å². The van der Waals surface area contributed by atoms with E-state index in [0.29, 0.717) is 108 Å². The highest BCUT2D eigenvalue weighted by Gasteiger charge is 2.44. The van der Waals surface area contributed by atoms with E-state index in [0.717, 1.165) is 58.4 Å². The van der Waals surface area contributed by atoms with Crippen LogP contribution in [0.4, 0.5) is 10.2 Å². The van der Waals surface area contributed by atoms with Crippen molar-refractivity contribution in [2.45, 2.75) is 90.2 Å². The van der Waals surface area contributed by atoms with Gasteiger partial charge in [-0.3, -0.25) is 19.3 Å². The van der Waals surface area contributed by atoms with Gasteiger partial charge in [-0.2, -0.15) is 9.97 Å². The maximum atomic E-state index is 17.1. The second-order valence-corrected chi connectivity index (χ2v) is 25.2. The summed E-state index contributed by atoms with van der Waals surface area (Å²) >= 11 is 8.51. The molecule has 6 heterocycles. The number of phenolic OH excluding ortho intramolecular Hbond substituents is 1.